The minimum Gasteiger partial charge on any atom is -0.491 e. The molecule has 0 saturated carbocycles. The SMILES string of the molecule is COCCOc1ccc(C(=O)NCc2ccccc2Cl)cc1. The Hall–Kier alpha value is -2.04. The van der Waals surface area contributed by atoms with Gasteiger partial charge in [0.15, 0.2) is 0 Å². The fourth-order valence-corrected chi connectivity index (χ4v) is 2.07. The van der Waals surface area contributed by atoms with E-state index in [4.69, 9.17) is 21.1 Å². The van der Waals surface area contributed by atoms with Gasteiger partial charge in [0.1, 0.15) is 12.4 Å². The summed E-state index contributed by atoms with van der Waals surface area (Å²) in [6, 6.07) is 14.4. The van der Waals surface area contributed by atoms with E-state index >= 15 is 0 Å². The summed E-state index contributed by atoms with van der Waals surface area (Å²) in [7, 11) is 1.62. The fourth-order valence-electron chi connectivity index (χ4n) is 1.86. The van der Waals surface area contributed by atoms with Crippen molar-refractivity contribution in [2.75, 3.05) is 20.3 Å². The van der Waals surface area contributed by atoms with Crippen LogP contribution in [0.25, 0.3) is 0 Å². The van der Waals surface area contributed by atoms with Crippen LogP contribution in [0.4, 0.5) is 0 Å². The second-order valence-electron chi connectivity index (χ2n) is 4.64. The molecule has 5 heteroatoms. The van der Waals surface area contributed by atoms with Gasteiger partial charge in [0.25, 0.3) is 5.91 Å². The first-order valence-electron chi connectivity index (χ1n) is 6.94. The largest absolute Gasteiger partial charge is 0.491 e. The molecule has 0 atom stereocenters. The Morgan fingerprint density at radius 1 is 1.09 bits per heavy atom. The first kappa shape index (κ1) is 16.3. The molecule has 0 saturated heterocycles. The Bertz CT molecular complexity index is 614. The van der Waals surface area contributed by atoms with Crippen molar-refractivity contribution in [2.24, 2.45) is 0 Å². The van der Waals surface area contributed by atoms with Crippen molar-refractivity contribution >= 4 is 17.5 Å². The Morgan fingerprint density at radius 3 is 2.50 bits per heavy atom. The highest BCUT2D eigenvalue weighted by Gasteiger charge is 2.06. The number of carbonyl (C=O) groups excluding carboxylic acids is 1. The van der Waals surface area contributed by atoms with Gasteiger partial charge < -0.3 is 14.8 Å². The van der Waals surface area contributed by atoms with Gasteiger partial charge in [-0.2, -0.15) is 0 Å². The molecule has 2 aromatic carbocycles. The van der Waals surface area contributed by atoms with Crippen LogP contribution >= 0.6 is 11.6 Å². The average Bonchev–Trinajstić information content (AvgIpc) is 2.55. The minimum atomic E-state index is -0.150. The van der Waals surface area contributed by atoms with Crippen molar-refractivity contribution in [3.63, 3.8) is 0 Å². The van der Waals surface area contributed by atoms with Crippen LogP contribution in [0, 0.1) is 0 Å². The van der Waals surface area contributed by atoms with Crippen LogP contribution in [0.3, 0.4) is 0 Å². The molecule has 0 fully saturated rings. The minimum absolute atomic E-state index is 0.150. The van der Waals surface area contributed by atoms with Gasteiger partial charge in [-0.1, -0.05) is 29.8 Å². The third-order valence-corrected chi connectivity index (χ3v) is 3.44. The molecule has 1 N–H and O–H groups in total. The van der Waals surface area contributed by atoms with Crippen LogP contribution in [0.2, 0.25) is 5.02 Å². The first-order chi connectivity index (χ1) is 10.7. The van der Waals surface area contributed by atoms with E-state index in [0.717, 1.165) is 5.56 Å². The number of rotatable bonds is 7. The number of benzene rings is 2. The lowest BCUT2D eigenvalue weighted by Gasteiger charge is -2.08. The lowest BCUT2D eigenvalue weighted by molar-refractivity contribution is 0.0951. The number of carbonyl (C=O) groups is 1. The average molecular weight is 320 g/mol. The number of halogens is 1. The monoisotopic (exact) mass is 319 g/mol. The van der Waals surface area contributed by atoms with Crippen molar-refractivity contribution in [3.05, 3.63) is 64.7 Å². The second-order valence-corrected chi connectivity index (χ2v) is 5.05. The summed E-state index contributed by atoms with van der Waals surface area (Å²) in [6.07, 6.45) is 0. The number of hydrogen-bond donors (Lipinski definition) is 1. The number of nitrogens with one attached hydrogen (secondary N) is 1. The molecule has 2 aromatic rings. The molecule has 0 bridgehead atoms. The maximum Gasteiger partial charge on any atom is 0.251 e. The zero-order valence-electron chi connectivity index (χ0n) is 12.3. The standard InChI is InChI=1S/C17H18ClNO3/c1-21-10-11-22-15-8-6-13(7-9-15)17(20)19-12-14-4-2-3-5-16(14)18/h2-9H,10-12H2,1H3,(H,19,20). The Labute approximate surface area is 135 Å². The third-order valence-electron chi connectivity index (χ3n) is 3.07. The molecule has 0 unspecified atom stereocenters. The van der Waals surface area contributed by atoms with Crippen molar-refractivity contribution in [3.8, 4) is 5.75 Å². The highest BCUT2D eigenvalue weighted by atomic mass is 35.5. The molecule has 22 heavy (non-hydrogen) atoms. The van der Waals surface area contributed by atoms with Gasteiger partial charge in [0.2, 0.25) is 0 Å². The lowest BCUT2D eigenvalue weighted by atomic mass is 10.2. The summed E-state index contributed by atoms with van der Waals surface area (Å²) in [4.78, 5) is 12.1. The zero-order chi connectivity index (χ0) is 15.8. The summed E-state index contributed by atoms with van der Waals surface area (Å²) in [5, 5.41) is 3.49. The highest BCUT2D eigenvalue weighted by molar-refractivity contribution is 6.31. The third kappa shape index (κ3) is 4.76. The molecule has 1 amide bonds. The molecule has 0 radical (unpaired) electrons. The van der Waals surface area contributed by atoms with Gasteiger partial charge in [-0.25, -0.2) is 0 Å². The van der Waals surface area contributed by atoms with Crippen molar-refractivity contribution < 1.29 is 14.3 Å². The molecular formula is C17H18ClNO3. The van der Waals surface area contributed by atoms with Gasteiger partial charge in [-0.15, -0.1) is 0 Å². The van der Waals surface area contributed by atoms with Gasteiger partial charge in [0.05, 0.1) is 6.61 Å². The number of methoxy groups -OCH3 is 1. The van der Waals surface area contributed by atoms with E-state index in [1.165, 1.54) is 0 Å². The molecule has 0 aromatic heterocycles. The normalized spacial score (nSPS) is 10.3. The second kappa shape index (κ2) is 8.41. The van der Waals surface area contributed by atoms with E-state index in [9.17, 15) is 4.79 Å². The van der Waals surface area contributed by atoms with Crippen LogP contribution in [-0.4, -0.2) is 26.2 Å². The van der Waals surface area contributed by atoms with Crippen molar-refractivity contribution in [2.45, 2.75) is 6.54 Å². The molecule has 0 aliphatic rings. The maximum atomic E-state index is 12.1. The summed E-state index contributed by atoms with van der Waals surface area (Å²) >= 11 is 6.06. The van der Waals surface area contributed by atoms with E-state index in [0.29, 0.717) is 36.1 Å². The molecule has 0 aliphatic heterocycles. The molecule has 116 valence electrons. The van der Waals surface area contributed by atoms with Gasteiger partial charge in [0, 0.05) is 24.2 Å². The molecular weight excluding hydrogens is 302 g/mol. The fraction of sp³-hybridized carbons (Fsp3) is 0.235. The Morgan fingerprint density at radius 2 is 1.82 bits per heavy atom. The van der Waals surface area contributed by atoms with Crippen molar-refractivity contribution in [1.82, 2.24) is 5.32 Å². The summed E-state index contributed by atoms with van der Waals surface area (Å²) in [5.74, 6) is 0.558. The van der Waals surface area contributed by atoms with E-state index in [-0.39, 0.29) is 5.91 Å². The van der Waals surface area contributed by atoms with Crippen LogP contribution in [0.1, 0.15) is 15.9 Å². The molecule has 2 rings (SSSR count). The van der Waals surface area contributed by atoms with E-state index in [1.807, 2.05) is 18.2 Å². The highest BCUT2D eigenvalue weighted by Crippen LogP contribution is 2.15. The quantitative estimate of drug-likeness (QED) is 0.797. The Kier molecular flexibility index (Phi) is 6.25. The van der Waals surface area contributed by atoms with Crippen LogP contribution in [-0.2, 0) is 11.3 Å². The van der Waals surface area contributed by atoms with Gasteiger partial charge in [-0.05, 0) is 35.9 Å². The van der Waals surface area contributed by atoms with E-state index in [1.54, 1.807) is 37.4 Å². The molecule has 4 nitrogen and oxygen atoms in total. The van der Waals surface area contributed by atoms with Crippen molar-refractivity contribution in [1.29, 1.82) is 0 Å². The number of ether oxygens (including phenoxy) is 2. The van der Waals surface area contributed by atoms with Gasteiger partial charge >= 0.3 is 0 Å². The lowest BCUT2D eigenvalue weighted by Crippen LogP contribution is -2.22. The van der Waals surface area contributed by atoms with E-state index in [2.05, 4.69) is 5.32 Å². The summed E-state index contributed by atoms with van der Waals surface area (Å²) < 4.78 is 10.4. The molecule has 0 aliphatic carbocycles. The predicted octanol–water partition coefficient (Wildman–Crippen LogP) is 3.30. The number of hydrogen-bond acceptors (Lipinski definition) is 3. The maximum absolute atomic E-state index is 12.1. The zero-order valence-corrected chi connectivity index (χ0v) is 13.1. The topological polar surface area (TPSA) is 47.6 Å². The summed E-state index contributed by atoms with van der Waals surface area (Å²) in [6.45, 7) is 1.40. The van der Waals surface area contributed by atoms with Crippen LogP contribution in [0.15, 0.2) is 48.5 Å². The molecule has 0 spiro atoms. The Balaban J connectivity index is 1.88. The van der Waals surface area contributed by atoms with Gasteiger partial charge in [-0.3, -0.25) is 4.79 Å². The number of amides is 1. The van der Waals surface area contributed by atoms with Crippen LogP contribution in [0.5, 0.6) is 5.75 Å². The van der Waals surface area contributed by atoms with Crippen LogP contribution < -0.4 is 10.1 Å². The summed E-state index contributed by atoms with van der Waals surface area (Å²) in [5.41, 5.74) is 1.46. The predicted molar refractivity (Wildman–Crippen MR) is 86.4 cm³/mol. The van der Waals surface area contributed by atoms with E-state index < -0.39 is 0 Å². The smallest absolute Gasteiger partial charge is 0.251 e. The molecule has 0 heterocycles. The first-order valence-corrected chi connectivity index (χ1v) is 7.32.